The lowest BCUT2D eigenvalue weighted by molar-refractivity contribution is -0.137. The molecule has 34 heavy (non-hydrogen) atoms. The van der Waals surface area contributed by atoms with Crippen LogP contribution in [-0.4, -0.2) is 66.8 Å². The lowest BCUT2D eigenvalue weighted by Crippen LogP contribution is -2.50. The number of carbonyl (C=O) groups is 3. The second-order valence-electron chi connectivity index (χ2n) is 8.36. The molecule has 10 heteroatoms. The number of amides is 3. The van der Waals surface area contributed by atoms with Crippen LogP contribution in [0.4, 0.5) is 24.5 Å². The monoisotopic (exact) mass is 474 g/mol. The molecule has 1 N–H and O–H groups in total. The molecule has 0 aromatic heterocycles. The van der Waals surface area contributed by atoms with Gasteiger partial charge in [0.25, 0.3) is 5.91 Å². The first-order valence-electron chi connectivity index (χ1n) is 11.1. The Bertz CT molecular complexity index is 1060. The van der Waals surface area contributed by atoms with Gasteiger partial charge in [0.1, 0.15) is 0 Å². The first-order chi connectivity index (χ1) is 16.2. The number of carbonyl (C=O) groups excluding carboxylic acids is 3. The van der Waals surface area contributed by atoms with Crippen molar-refractivity contribution in [3.8, 4) is 0 Å². The number of alkyl halides is 3. The minimum atomic E-state index is -4.56. The van der Waals surface area contributed by atoms with Crippen LogP contribution in [0.15, 0.2) is 48.5 Å². The number of nitrogens with zero attached hydrogens (tertiary/aromatic N) is 3. The zero-order valence-electron chi connectivity index (χ0n) is 18.5. The van der Waals surface area contributed by atoms with Gasteiger partial charge in [0.15, 0.2) is 0 Å². The number of para-hydroxylation sites is 1. The summed E-state index contributed by atoms with van der Waals surface area (Å²) in [6.45, 7) is 2.28. The van der Waals surface area contributed by atoms with E-state index in [-0.39, 0.29) is 24.0 Å². The van der Waals surface area contributed by atoms with Crippen LogP contribution < -0.4 is 10.2 Å². The Morgan fingerprint density at radius 3 is 2.21 bits per heavy atom. The van der Waals surface area contributed by atoms with Crippen LogP contribution in [0.5, 0.6) is 0 Å². The van der Waals surface area contributed by atoms with Crippen molar-refractivity contribution in [3.05, 3.63) is 59.7 Å². The number of piperazine rings is 1. The van der Waals surface area contributed by atoms with E-state index >= 15 is 0 Å². The maximum Gasteiger partial charge on any atom is 0.418 e. The largest absolute Gasteiger partial charge is 0.418 e. The van der Waals surface area contributed by atoms with Gasteiger partial charge in [-0.2, -0.15) is 13.2 Å². The van der Waals surface area contributed by atoms with E-state index in [1.807, 2.05) is 0 Å². The van der Waals surface area contributed by atoms with Gasteiger partial charge in [0.05, 0.1) is 17.8 Å². The highest BCUT2D eigenvalue weighted by atomic mass is 19.4. The van der Waals surface area contributed by atoms with E-state index in [0.717, 1.165) is 18.2 Å². The molecule has 2 aromatic rings. The first kappa shape index (κ1) is 23.7. The van der Waals surface area contributed by atoms with Crippen molar-refractivity contribution in [1.29, 1.82) is 0 Å². The Hall–Kier alpha value is -3.40. The number of benzene rings is 2. The van der Waals surface area contributed by atoms with E-state index in [1.165, 1.54) is 18.2 Å². The number of hydrogen-bond acceptors (Lipinski definition) is 4. The quantitative estimate of drug-likeness (QED) is 0.723. The molecule has 0 unspecified atom stereocenters. The van der Waals surface area contributed by atoms with Gasteiger partial charge in [-0.25, -0.2) is 0 Å². The van der Waals surface area contributed by atoms with E-state index in [1.54, 1.807) is 39.0 Å². The van der Waals surface area contributed by atoms with Crippen LogP contribution in [0.2, 0.25) is 0 Å². The number of nitrogens with one attached hydrogen (secondary N) is 1. The summed E-state index contributed by atoms with van der Waals surface area (Å²) in [7, 11) is 0. The molecule has 180 valence electrons. The molecule has 2 aliphatic heterocycles. The van der Waals surface area contributed by atoms with Gasteiger partial charge in [-0.15, -0.1) is 0 Å². The molecule has 2 saturated heterocycles. The molecule has 0 radical (unpaired) electrons. The van der Waals surface area contributed by atoms with E-state index in [9.17, 15) is 27.6 Å². The molecule has 3 amide bonds. The van der Waals surface area contributed by atoms with Crippen LogP contribution >= 0.6 is 0 Å². The highest BCUT2D eigenvalue weighted by Crippen LogP contribution is 2.34. The zero-order chi connectivity index (χ0) is 24.3. The van der Waals surface area contributed by atoms with Crippen molar-refractivity contribution in [3.63, 3.8) is 0 Å². The average Bonchev–Trinajstić information content (AvgIpc) is 3.24. The third-order valence-electron chi connectivity index (χ3n) is 6.03. The van der Waals surface area contributed by atoms with Crippen LogP contribution in [0.25, 0.3) is 0 Å². The van der Waals surface area contributed by atoms with Gasteiger partial charge < -0.3 is 15.1 Å². The molecular weight excluding hydrogens is 449 g/mol. The van der Waals surface area contributed by atoms with E-state index in [4.69, 9.17) is 0 Å². The predicted molar refractivity (Wildman–Crippen MR) is 120 cm³/mol. The standard InChI is InChI=1S/C24H25F3N4O3/c25-24(26,27)19-4-1-2-5-20(19)28-21(32)16-29-12-14-30(15-13-29)23(34)17-7-9-18(10-8-17)31-11-3-6-22(31)33/h1-2,4-5,7-10H,3,6,11-16H2,(H,28,32). The van der Waals surface area contributed by atoms with Crippen LogP contribution in [-0.2, 0) is 15.8 Å². The summed E-state index contributed by atoms with van der Waals surface area (Å²) in [6.07, 6.45) is -3.19. The third-order valence-corrected chi connectivity index (χ3v) is 6.03. The molecule has 0 bridgehead atoms. The Morgan fingerprint density at radius 1 is 0.912 bits per heavy atom. The summed E-state index contributed by atoms with van der Waals surface area (Å²) in [5.74, 6) is -0.591. The summed E-state index contributed by atoms with van der Waals surface area (Å²) >= 11 is 0. The third kappa shape index (κ3) is 5.39. The van der Waals surface area contributed by atoms with Gasteiger partial charge in [0.2, 0.25) is 11.8 Å². The smallest absolute Gasteiger partial charge is 0.336 e. The van der Waals surface area contributed by atoms with Crippen LogP contribution in [0.3, 0.4) is 0 Å². The fraction of sp³-hybridized carbons (Fsp3) is 0.375. The lowest BCUT2D eigenvalue weighted by atomic mass is 10.1. The molecule has 0 spiro atoms. The van der Waals surface area contributed by atoms with Gasteiger partial charge in [-0.1, -0.05) is 12.1 Å². The maximum absolute atomic E-state index is 13.1. The maximum atomic E-state index is 13.1. The second-order valence-corrected chi connectivity index (χ2v) is 8.36. The van der Waals surface area contributed by atoms with Crippen molar-refractivity contribution in [2.45, 2.75) is 19.0 Å². The number of halogens is 3. The molecule has 2 aliphatic rings. The molecule has 0 saturated carbocycles. The second kappa shape index (κ2) is 9.84. The Kier molecular flexibility index (Phi) is 6.87. The summed E-state index contributed by atoms with van der Waals surface area (Å²) in [4.78, 5) is 42.3. The van der Waals surface area contributed by atoms with E-state index < -0.39 is 17.6 Å². The molecule has 0 aliphatic carbocycles. The number of rotatable bonds is 5. The molecule has 4 rings (SSSR count). The Balaban J connectivity index is 1.28. The fourth-order valence-electron chi connectivity index (χ4n) is 4.23. The van der Waals surface area contributed by atoms with Crippen molar-refractivity contribution >= 4 is 29.1 Å². The zero-order valence-corrected chi connectivity index (χ0v) is 18.5. The SMILES string of the molecule is O=C(CN1CCN(C(=O)c2ccc(N3CCCC3=O)cc2)CC1)Nc1ccccc1C(F)(F)F. The minimum absolute atomic E-state index is 0.0627. The van der Waals surface area contributed by atoms with Crippen molar-refractivity contribution in [2.75, 3.05) is 49.5 Å². The molecule has 2 fully saturated rings. The summed E-state index contributed by atoms with van der Waals surface area (Å²) in [5, 5.41) is 2.35. The van der Waals surface area contributed by atoms with Gasteiger partial charge in [-0.3, -0.25) is 19.3 Å². The molecule has 2 aromatic carbocycles. The fourth-order valence-corrected chi connectivity index (χ4v) is 4.23. The Morgan fingerprint density at radius 2 is 1.59 bits per heavy atom. The normalized spacial score (nSPS) is 17.2. The molecule has 7 nitrogen and oxygen atoms in total. The highest BCUT2D eigenvalue weighted by molar-refractivity contribution is 5.97. The highest BCUT2D eigenvalue weighted by Gasteiger charge is 2.33. The number of hydrogen-bond donors (Lipinski definition) is 1. The van der Waals surface area contributed by atoms with E-state index in [0.29, 0.717) is 44.7 Å². The summed E-state index contributed by atoms with van der Waals surface area (Å²) in [5.41, 5.74) is 0.138. The van der Waals surface area contributed by atoms with E-state index in [2.05, 4.69) is 5.32 Å². The van der Waals surface area contributed by atoms with Crippen molar-refractivity contribution < 1.29 is 27.6 Å². The van der Waals surface area contributed by atoms with Crippen LogP contribution in [0.1, 0.15) is 28.8 Å². The average molecular weight is 474 g/mol. The topological polar surface area (TPSA) is 73.0 Å². The van der Waals surface area contributed by atoms with Gasteiger partial charge >= 0.3 is 6.18 Å². The predicted octanol–water partition coefficient (Wildman–Crippen LogP) is 3.23. The van der Waals surface area contributed by atoms with Gasteiger partial charge in [-0.05, 0) is 42.8 Å². The molecular formula is C24H25F3N4O3. The van der Waals surface area contributed by atoms with Gasteiger partial charge in [0, 0.05) is 50.4 Å². The summed E-state index contributed by atoms with van der Waals surface area (Å²) in [6, 6.07) is 11.8. The van der Waals surface area contributed by atoms with Crippen molar-refractivity contribution in [1.82, 2.24) is 9.80 Å². The number of anilines is 2. The summed E-state index contributed by atoms with van der Waals surface area (Å²) < 4.78 is 39.4. The molecule has 0 atom stereocenters. The Labute approximate surface area is 195 Å². The first-order valence-corrected chi connectivity index (χ1v) is 11.1. The van der Waals surface area contributed by atoms with Crippen molar-refractivity contribution in [2.24, 2.45) is 0 Å². The minimum Gasteiger partial charge on any atom is -0.336 e. The van der Waals surface area contributed by atoms with Crippen LogP contribution in [0, 0.1) is 0 Å². The lowest BCUT2D eigenvalue weighted by Gasteiger charge is -2.34. The molecule has 2 heterocycles.